The molecule has 4 heteroatoms. The molecular formula is C9H15N3O. The lowest BCUT2D eigenvalue weighted by Crippen LogP contribution is -2.29. The number of likely N-dealkylation sites (tertiary alicyclic amines) is 1. The predicted octanol–water partition coefficient (Wildman–Crippen LogP) is 0.683. The van der Waals surface area contributed by atoms with Crippen molar-refractivity contribution < 1.29 is 5.11 Å². The Morgan fingerprint density at radius 1 is 1.69 bits per heavy atom. The van der Waals surface area contributed by atoms with Crippen LogP contribution in [-0.4, -0.2) is 39.4 Å². The molecule has 2 rings (SSSR count). The lowest BCUT2D eigenvalue weighted by Gasteiger charge is -2.18. The second-order valence-electron chi connectivity index (χ2n) is 3.70. The Morgan fingerprint density at radius 3 is 3.08 bits per heavy atom. The summed E-state index contributed by atoms with van der Waals surface area (Å²) in [5.74, 6) is 0.251. The van der Waals surface area contributed by atoms with Gasteiger partial charge in [0.15, 0.2) is 5.75 Å². The minimum atomic E-state index is 0.251. The van der Waals surface area contributed by atoms with Crippen molar-refractivity contribution in [1.29, 1.82) is 0 Å². The molecular weight excluding hydrogens is 166 g/mol. The fraction of sp³-hybridized carbons (Fsp3) is 0.667. The number of hydrogen-bond donors (Lipinski definition) is 1. The maximum absolute atomic E-state index is 9.10. The van der Waals surface area contributed by atoms with Gasteiger partial charge in [-0.15, -0.1) is 0 Å². The largest absolute Gasteiger partial charge is 0.505 e. The van der Waals surface area contributed by atoms with Crippen molar-refractivity contribution in [1.82, 2.24) is 14.7 Å². The summed E-state index contributed by atoms with van der Waals surface area (Å²) < 4.78 is 1.81. The molecule has 0 radical (unpaired) electrons. The molecule has 1 N–H and O–H groups in total. The highest BCUT2D eigenvalue weighted by Gasteiger charge is 2.21. The van der Waals surface area contributed by atoms with Gasteiger partial charge >= 0.3 is 0 Å². The fourth-order valence-electron chi connectivity index (χ4n) is 1.88. The zero-order chi connectivity index (χ0) is 9.26. The summed E-state index contributed by atoms with van der Waals surface area (Å²) in [5.41, 5.74) is 0. The predicted molar refractivity (Wildman–Crippen MR) is 49.5 cm³/mol. The van der Waals surface area contributed by atoms with E-state index in [2.05, 4.69) is 17.0 Å². The van der Waals surface area contributed by atoms with Crippen LogP contribution in [0.15, 0.2) is 12.4 Å². The Morgan fingerprint density at radius 2 is 2.54 bits per heavy atom. The smallest absolute Gasteiger partial charge is 0.153 e. The van der Waals surface area contributed by atoms with Gasteiger partial charge in [0.1, 0.15) is 0 Å². The summed E-state index contributed by atoms with van der Waals surface area (Å²) in [6.45, 7) is 2.06. The van der Waals surface area contributed by atoms with E-state index in [9.17, 15) is 0 Å². The van der Waals surface area contributed by atoms with Crippen molar-refractivity contribution in [2.75, 3.05) is 13.6 Å². The first-order chi connectivity index (χ1) is 6.25. The van der Waals surface area contributed by atoms with Crippen molar-refractivity contribution in [3.63, 3.8) is 0 Å². The molecule has 1 saturated heterocycles. The highest BCUT2D eigenvalue weighted by Crippen LogP contribution is 2.16. The molecule has 72 valence electrons. The molecule has 1 aliphatic rings. The molecule has 1 aliphatic heterocycles. The average molecular weight is 181 g/mol. The Labute approximate surface area is 77.8 Å². The molecule has 0 saturated carbocycles. The lowest BCUT2D eigenvalue weighted by molar-refractivity contribution is 0.274. The van der Waals surface area contributed by atoms with Crippen molar-refractivity contribution in [2.45, 2.75) is 25.4 Å². The molecule has 0 bridgehead atoms. The van der Waals surface area contributed by atoms with E-state index in [1.54, 1.807) is 6.20 Å². The summed E-state index contributed by atoms with van der Waals surface area (Å²) in [7, 11) is 2.14. The van der Waals surface area contributed by atoms with Crippen molar-refractivity contribution >= 4 is 0 Å². The number of aromatic hydroxyl groups is 1. The van der Waals surface area contributed by atoms with Gasteiger partial charge in [-0.1, -0.05) is 0 Å². The van der Waals surface area contributed by atoms with Gasteiger partial charge in [0.05, 0.1) is 18.9 Å². The Balaban J connectivity index is 1.97. The molecule has 0 amide bonds. The first-order valence-electron chi connectivity index (χ1n) is 4.67. The summed E-state index contributed by atoms with van der Waals surface area (Å²) in [6, 6.07) is 0.583. The van der Waals surface area contributed by atoms with Crippen LogP contribution >= 0.6 is 0 Å². The van der Waals surface area contributed by atoms with E-state index in [0.717, 1.165) is 6.54 Å². The van der Waals surface area contributed by atoms with Crippen LogP contribution in [0.1, 0.15) is 12.8 Å². The number of hydrogen-bond acceptors (Lipinski definition) is 3. The highest BCUT2D eigenvalue weighted by atomic mass is 16.3. The second kappa shape index (κ2) is 3.38. The SMILES string of the molecule is CN1CCCC1Cn1cc(O)cn1. The number of likely N-dealkylation sites (N-methyl/N-ethyl adjacent to an activating group) is 1. The summed E-state index contributed by atoms with van der Waals surface area (Å²) >= 11 is 0. The van der Waals surface area contributed by atoms with E-state index in [0.29, 0.717) is 6.04 Å². The average Bonchev–Trinajstić information content (AvgIpc) is 2.64. The van der Waals surface area contributed by atoms with Gasteiger partial charge in [-0.25, -0.2) is 0 Å². The Hall–Kier alpha value is -1.03. The van der Waals surface area contributed by atoms with Crippen LogP contribution in [0.5, 0.6) is 5.75 Å². The van der Waals surface area contributed by atoms with E-state index in [1.807, 2.05) is 4.68 Å². The number of rotatable bonds is 2. The first kappa shape index (κ1) is 8.56. The number of nitrogens with zero attached hydrogens (tertiary/aromatic N) is 3. The van der Waals surface area contributed by atoms with Crippen LogP contribution < -0.4 is 0 Å². The van der Waals surface area contributed by atoms with E-state index < -0.39 is 0 Å². The van der Waals surface area contributed by atoms with Gasteiger partial charge in [0, 0.05) is 6.04 Å². The van der Waals surface area contributed by atoms with Crippen LogP contribution in [0.2, 0.25) is 0 Å². The minimum absolute atomic E-state index is 0.251. The van der Waals surface area contributed by atoms with Crippen LogP contribution in [0.4, 0.5) is 0 Å². The zero-order valence-electron chi connectivity index (χ0n) is 7.85. The number of aromatic nitrogens is 2. The minimum Gasteiger partial charge on any atom is -0.505 e. The van der Waals surface area contributed by atoms with Gasteiger partial charge in [-0.05, 0) is 26.4 Å². The molecule has 0 aromatic carbocycles. The lowest BCUT2D eigenvalue weighted by atomic mass is 10.2. The molecule has 1 fully saturated rings. The molecule has 13 heavy (non-hydrogen) atoms. The molecule has 1 aromatic rings. The fourth-order valence-corrected chi connectivity index (χ4v) is 1.88. The molecule has 1 atom stereocenters. The molecule has 1 unspecified atom stereocenters. The van der Waals surface area contributed by atoms with Crippen LogP contribution in [0, 0.1) is 0 Å². The standard InChI is InChI=1S/C9H15N3O/c1-11-4-2-3-8(11)6-12-7-9(13)5-10-12/h5,7-8,13H,2-4,6H2,1H3. The molecule has 2 heterocycles. The highest BCUT2D eigenvalue weighted by molar-refractivity contribution is 5.08. The molecule has 0 aliphatic carbocycles. The van der Waals surface area contributed by atoms with E-state index >= 15 is 0 Å². The molecule has 4 nitrogen and oxygen atoms in total. The van der Waals surface area contributed by atoms with Crippen LogP contribution in [0.3, 0.4) is 0 Å². The maximum Gasteiger partial charge on any atom is 0.153 e. The van der Waals surface area contributed by atoms with E-state index in [-0.39, 0.29) is 5.75 Å². The Bertz CT molecular complexity index is 284. The topological polar surface area (TPSA) is 41.3 Å². The summed E-state index contributed by atoms with van der Waals surface area (Å²) in [4.78, 5) is 2.35. The normalized spacial score (nSPS) is 23.9. The third-order valence-electron chi connectivity index (χ3n) is 2.69. The van der Waals surface area contributed by atoms with Crippen molar-refractivity contribution in [3.05, 3.63) is 12.4 Å². The molecule has 0 spiro atoms. The van der Waals surface area contributed by atoms with E-state index in [1.165, 1.54) is 25.6 Å². The van der Waals surface area contributed by atoms with E-state index in [4.69, 9.17) is 5.11 Å². The van der Waals surface area contributed by atoms with Gasteiger partial charge < -0.3 is 10.0 Å². The third kappa shape index (κ3) is 1.83. The summed E-state index contributed by atoms with van der Waals surface area (Å²) in [5, 5.41) is 13.1. The van der Waals surface area contributed by atoms with Gasteiger partial charge in [0.2, 0.25) is 0 Å². The van der Waals surface area contributed by atoms with Gasteiger partial charge in [-0.2, -0.15) is 5.10 Å². The second-order valence-corrected chi connectivity index (χ2v) is 3.70. The van der Waals surface area contributed by atoms with Gasteiger partial charge in [0.25, 0.3) is 0 Å². The quantitative estimate of drug-likeness (QED) is 0.729. The zero-order valence-corrected chi connectivity index (χ0v) is 7.85. The monoisotopic (exact) mass is 181 g/mol. The van der Waals surface area contributed by atoms with Gasteiger partial charge in [-0.3, -0.25) is 4.68 Å². The van der Waals surface area contributed by atoms with Crippen LogP contribution in [-0.2, 0) is 6.54 Å². The first-order valence-corrected chi connectivity index (χ1v) is 4.67. The third-order valence-corrected chi connectivity index (χ3v) is 2.69. The Kier molecular flexibility index (Phi) is 2.22. The maximum atomic E-state index is 9.10. The van der Waals surface area contributed by atoms with Crippen molar-refractivity contribution in [2.24, 2.45) is 0 Å². The summed E-state index contributed by atoms with van der Waals surface area (Å²) in [6.07, 6.45) is 5.66. The molecule has 1 aromatic heterocycles. The van der Waals surface area contributed by atoms with Crippen molar-refractivity contribution in [3.8, 4) is 5.75 Å². The van der Waals surface area contributed by atoms with Crippen LogP contribution in [0.25, 0.3) is 0 Å².